The molecule has 0 fully saturated rings. The van der Waals surface area contributed by atoms with Crippen LogP contribution in [-0.4, -0.2) is 196 Å². The Balaban J connectivity index is 0.000000128. The van der Waals surface area contributed by atoms with E-state index in [4.69, 9.17) is 0 Å². The molecule has 20 rings (SSSR count). The van der Waals surface area contributed by atoms with Gasteiger partial charge in [-0.2, -0.15) is 25.5 Å². The van der Waals surface area contributed by atoms with Crippen LogP contribution in [0.25, 0.3) is 0 Å². The summed E-state index contributed by atoms with van der Waals surface area (Å²) < 4.78 is 21.6. The third kappa shape index (κ3) is 20.4. The van der Waals surface area contributed by atoms with Crippen molar-refractivity contribution in [2.75, 3.05) is 67.5 Å². The number of halogens is 1. The average molecular weight is 1920 g/mol. The molecule has 15 aromatic rings. The molecule has 10 heterocycles. The van der Waals surface area contributed by atoms with Gasteiger partial charge >= 0.3 is 0 Å². The minimum Gasteiger partial charge on any atom is -0.502 e. The number of carbonyl (C=O) groups is 5. The van der Waals surface area contributed by atoms with Gasteiger partial charge in [-0.05, 0) is 116 Å². The Morgan fingerprint density at radius 2 is 0.448 bits per heavy atom. The van der Waals surface area contributed by atoms with E-state index in [2.05, 4.69) is 98.3 Å². The number of hydrogen-bond acceptors (Lipinski definition) is 20. The lowest BCUT2D eigenvalue weighted by atomic mass is 9.83. The first-order chi connectivity index (χ1) is 68.7. The summed E-state index contributed by atoms with van der Waals surface area (Å²) in [4.78, 5) is 131. The van der Waals surface area contributed by atoms with Crippen molar-refractivity contribution in [1.82, 2.24) is 73.4 Å². The van der Waals surface area contributed by atoms with E-state index in [1.807, 2.05) is 218 Å². The van der Waals surface area contributed by atoms with Crippen LogP contribution in [0.1, 0.15) is 208 Å². The van der Waals surface area contributed by atoms with E-state index in [1.54, 1.807) is 44.1 Å². The molecule has 0 spiro atoms. The van der Waals surface area contributed by atoms with Crippen LogP contribution in [0.3, 0.4) is 0 Å². The average Bonchev–Trinajstić information content (AvgIpc) is 0.765. The predicted molar refractivity (Wildman–Crippen MR) is 537 cm³/mol. The Morgan fingerprint density at radius 3 is 0.657 bits per heavy atom. The highest BCUT2D eigenvalue weighted by atomic mass is 19.1. The van der Waals surface area contributed by atoms with Gasteiger partial charge in [0.15, 0.2) is 57.2 Å². The fourth-order valence-corrected chi connectivity index (χ4v) is 20.1. The van der Waals surface area contributed by atoms with Crippen LogP contribution in [0.15, 0.2) is 316 Å². The first-order valence-corrected chi connectivity index (χ1v) is 46.8. The summed E-state index contributed by atoms with van der Waals surface area (Å²) in [6.07, 6.45) is 5.31. The van der Waals surface area contributed by atoms with Gasteiger partial charge in [-0.3, -0.25) is 71.4 Å². The van der Waals surface area contributed by atoms with Crippen molar-refractivity contribution in [3.05, 3.63) is 466 Å². The van der Waals surface area contributed by atoms with Gasteiger partial charge in [0, 0.05) is 97.0 Å². The van der Waals surface area contributed by atoms with Gasteiger partial charge in [0.1, 0.15) is 5.82 Å². The second kappa shape index (κ2) is 42.3. The van der Waals surface area contributed by atoms with Crippen molar-refractivity contribution < 1.29 is 53.9 Å². The molecule has 5 amide bonds. The Labute approximate surface area is 823 Å². The third-order valence-corrected chi connectivity index (χ3v) is 26.8. The van der Waals surface area contributed by atoms with Crippen LogP contribution >= 0.6 is 0 Å². The van der Waals surface area contributed by atoms with Crippen molar-refractivity contribution in [2.24, 2.45) is 0 Å². The van der Waals surface area contributed by atoms with Crippen LogP contribution in [0.2, 0.25) is 0 Å². The molecule has 5 aliphatic heterocycles. The molecular formula is C112H108FN15O15. The van der Waals surface area contributed by atoms with Crippen molar-refractivity contribution in [3.63, 3.8) is 0 Å². The lowest BCUT2D eigenvalue weighted by molar-refractivity contribution is 0.0642. The van der Waals surface area contributed by atoms with Crippen LogP contribution < -0.4 is 27.1 Å². The van der Waals surface area contributed by atoms with Gasteiger partial charge < -0.3 is 50.0 Å². The highest BCUT2D eigenvalue weighted by Crippen LogP contribution is 2.47. The van der Waals surface area contributed by atoms with Gasteiger partial charge in [-0.25, -0.2) is 4.39 Å². The molecule has 728 valence electrons. The fraction of sp³-hybridized carbons (Fsp3) is 0.241. The molecule has 143 heavy (non-hydrogen) atoms. The number of fused-ring (bicyclic) bond motifs is 5. The molecule has 31 heteroatoms. The molecule has 9 atom stereocenters. The summed E-state index contributed by atoms with van der Waals surface area (Å²) in [6, 6.07) is 84.0. The second-order valence-electron chi connectivity index (χ2n) is 36.8. The maximum absolute atomic E-state index is 14.1. The number of aromatic hydroxyl groups is 5. The predicted octanol–water partition coefficient (Wildman–Crippen LogP) is 14.4. The van der Waals surface area contributed by atoms with Gasteiger partial charge in [0.25, 0.3) is 29.5 Å². The number of nitrogens with zero attached hydrogens (tertiary/aromatic N) is 15. The largest absolute Gasteiger partial charge is 0.502 e. The third-order valence-electron chi connectivity index (χ3n) is 26.8. The fourth-order valence-electron chi connectivity index (χ4n) is 20.1. The number of benzene rings is 10. The molecule has 9 unspecified atom stereocenters. The minimum absolute atomic E-state index is 0.0378. The van der Waals surface area contributed by atoms with E-state index in [0.717, 1.165) is 114 Å². The first-order valence-electron chi connectivity index (χ1n) is 46.8. The van der Waals surface area contributed by atoms with Crippen LogP contribution in [0, 0.1) is 47.4 Å². The zero-order valence-electron chi connectivity index (χ0n) is 80.6. The summed E-state index contributed by atoms with van der Waals surface area (Å²) in [5.41, 5.74) is 13.4. The number of aromatic nitrogens is 10. The van der Waals surface area contributed by atoms with Crippen molar-refractivity contribution >= 4 is 29.5 Å². The molecule has 5 aromatic heterocycles. The highest BCUT2D eigenvalue weighted by molar-refractivity contribution is 5.98. The molecule has 5 N–H and O–H groups in total. The SMILES string of the molecule is CCN1CC(C(c2ccccc2)c2cccc(C)c2)n2ncc(=O)c(O)c2C1=O.Cc1cccc(C(c2cccc(C)c2)C2CN(C)C(=O)c3c(O)c(=O)cnn32)c1.Cc1cccc(C(c2cccc(F)c2)C2CN(C)C(=O)c3c(O)c(=O)cnn32)c1.Cc1cccc(C(c2ccccc2)C2CN(C)C(=O)c3c(O)c(=O)cnn32)c1.Cc1cccc(C(c2ccccc2)C2CN(C)C(=O)c3c(O)c(=O)cnn32)c1. The number of aryl methyl sites for hydroxylation is 6. The Bertz CT molecular complexity index is 7240. The normalized spacial score (nSPS) is 17.0. The van der Waals surface area contributed by atoms with Crippen molar-refractivity contribution in [1.29, 1.82) is 0 Å². The summed E-state index contributed by atoms with van der Waals surface area (Å²) >= 11 is 0. The smallest absolute Gasteiger partial charge is 0.276 e. The molecular weight excluding hydrogens is 1810 g/mol. The number of amides is 5. The lowest BCUT2D eigenvalue weighted by Crippen LogP contribution is -2.46. The molecule has 0 aliphatic carbocycles. The molecule has 5 aliphatic rings. The van der Waals surface area contributed by atoms with Crippen molar-refractivity contribution in [2.45, 2.75) is 108 Å². The molecule has 0 bridgehead atoms. The number of carbonyl (C=O) groups excluding carboxylic acids is 5. The summed E-state index contributed by atoms with van der Waals surface area (Å²) in [5.74, 6) is -6.03. The first kappa shape index (κ1) is 98.9. The molecule has 0 radical (unpaired) electrons. The zero-order valence-corrected chi connectivity index (χ0v) is 80.6. The quantitative estimate of drug-likeness (QED) is 0.0600. The van der Waals surface area contributed by atoms with Crippen LogP contribution in [-0.2, 0) is 0 Å². The number of rotatable bonds is 16. The van der Waals surface area contributed by atoms with Gasteiger partial charge in [0.05, 0.1) is 61.2 Å². The molecule has 30 nitrogen and oxygen atoms in total. The number of likely N-dealkylation sites (N-methyl/N-ethyl adjacent to an activating group) is 5. The van der Waals surface area contributed by atoms with Gasteiger partial charge in [0.2, 0.25) is 27.1 Å². The summed E-state index contributed by atoms with van der Waals surface area (Å²) in [7, 11) is 6.63. The maximum atomic E-state index is 14.1. The highest BCUT2D eigenvalue weighted by Gasteiger charge is 2.45. The molecule has 0 saturated heterocycles. The van der Waals surface area contributed by atoms with Crippen molar-refractivity contribution in [3.8, 4) is 28.7 Å². The lowest BCUT2D eigenvalue weighted by Gasteiger charge is -2.39. The minimum atomic E-state index is -0.712. The zero-order chi connectivity index (χ0) is 102. The van der Waals surface area contributed by atoms with Crippen LogP contribution in [0.4, 0.5) is 4.39 Å². The van der Waals surface area contributed by atoms with E-state index < -0.39 is 85.6 Å². The molecule has 10 aromatic carbocycles. The van der Waals surface area contributed by atoms with E-state index in [0.29, 0.717) is 38.3 Å². The Hall–Kier alpha value is -17.1. The second-order valence-corrected chi connectivity index (χ2v) is 36.8. The van der Waals surface area contributed by atoms with Gasteiger partial charge in [-0.1, -0.05) is 282 Å². The number of hydrogen-bond donors (Lipinski definition) is 5. The standard InChI is InChI=1S/2C23H23N3O3.C22H20FN3O3.2C22H21N3O3/c1-14-6-4-8-16(10-14)20(17-9-5-7-15(2)11-17)18-13-25(3)23(29)21-22(28)19(27)12-24-26(18)21;1-3-25-14-18(26-21(23(25)29)22(28)19(27)13-24-26)20(16-9-5-4-6-10-16)17-11-7-8-15(2)12-17;1-13-5-3-6-14(9-13)19(15-7-4-8-16(23)10-15)17-12-25(2)22(29)20-21(28)18(27)11-24-26(17)20;2*1-14-7-6-10-16(11-14)19(15-8-4-3-5-9-15)17-13-24(2)22(28)20-21(27)18(26)12-23-25(17)20/h4-12,18,20,28H,13H2,1-3H3;4-13,18,20,28H,3,14H2,1-2H3;3-11,17,19,28H,12H2,1-2H3;2*3-12,17,19,27H,13H2,1-2H3. The van der Waals surface area contributed by atoms with E-state index in [-0.39, 0.29) is 100 Å². The van der Waals surface area contributed by atoms with Gasteiger partial charge in [-0.15, -0.1) is 0 Å². The van der Waals surface area contributed by atoms with Crippen LogP contribution in [0.5, 0.6) is 28.7 Å². The van der Waals surface area contributed by atoms with E-state index >= 15 is 0 Å². The monoisotopic (exact) mass is 1920 g/mol. The maximum Gasteiger partial charge on any atom is 0.276 e. The summed E-state index contributed by atoms with van der Waals surface area (Å²) in [5, 5.41) is 72.8. The Kier molecular flexibility index (Phi) is 29.3. The molecule has 0 saturated carbocycles. The topological polar surface area (TPSA) is 377 Å². The summed E-state index contributed by atoms with van der Waals surface area (Å²) in [6.45, 7) is 16.5. The van der Waals surface area contributed by atoms with E-state index in [9.17, 15) is 77.9 Å². The Morgan fingerprint density at radius 1 is 0.259 bits per heavy atom. The van der Waals surface area contributed by atoms with E-state index in [1.165, 1.54) is 50.2 Å².